The van der Waals surface area contributed by atoms with E-state index in [4.69, 9.17) is 4.74 Å². The van der Waals surface area contributed by atoms with Crippen molar-refractivity contribution in [1.29, 1.82) is 0 Å². The van der Waals surface area contributed by atoms with Crippen molar-refractivity contribution in [3.05, 3.63) is 102 Å². The first-order chi connectivity index (χ1) is 16.6. The highest BCUT2D eigenvalue weighted by Gasteiger charge is 2.10. The first kappa shape index (κ1) is 23.6. The number of anilines is 2. The molecule has 1 heterocycles. The number of hydrogen-bond acceptors (Lipinski definition) is 5. The van der Waals surface area contributed by atoms with Crippen molar-refractivity contribution in [3.8, 4) is 17.0 Å². The predicted octanol–water partition coefficient (Wildman–Crippen LogP) is 5.63. The van der Waals surface area contributed by atoms with Crippen LogP contribution >= 0.6 is 0 Å². The van der Waals surface area contributed by atoms with Crippen molar-refractivity contribution in [2.24, 2.45) is 0 Å². The molecule has 2 N–H and O–H groups in total. The van der Waals surface area contributed by atoms with Crippen LogP contribution in [0, 0.1) is 0 Å². The highest BCUT2D eigenvalue weighted by atomic mass is 32.2. The van der Waals surface area contributed by atoms with Crippen LogP contribution in [0.2, 0.25) is 0 Å². The summed E-state index contributed by atoms with van der Waals surface area (Å²) in [7, 11) is -1.12. The number of para-hydroxylation sites is 1. The molecule has 3 aromatic carbocycles. The van der Waals surface area contributed by atoms with Gasteiger partial charge in [0.15, 0.2) is 0 Å². The quantitative estimate of drug-likeness (QED) is 0.313. The molecule has 174 valence electrons. The summed E-state index contributed by atoms with van der Waals surface area (Å²) in [5.41, 5.74) is 4.61. The Morgan fingerprint density at radius 3 is 2.47 bits per heavy atom. The Balaban J connectivity index is 1.49. The summed E-state index contributed by atoms with van der Waals surface area (Å²) in [5.74, 6) is 1.87. The van der Waals surface area contributed by atoms with E-state index in [1.165, 1.54) is 6.33 Å². The van der Waals surface area contributed by atoms with Gasteiger partial charge >= 0.3 is 0 Å². The molecule has 0 amide bonds. The number of aromatic nitrogens is 2. The zero-order valence-electron chi connectivity index (χ0n) is 19.3. The lowest BCUT2D eigenvalue weighted by Gasteiger charge is -2.13. The molecule has 34 heavy (non-hydrogen) atoms. The van der Waals surface area contributed by atoms with Gasteiger partial charge in [-0.25, -0.2) is 18.9 Å². The average molecular weight is 473 g/mol. The Labute approximate surface area is 203 Å². The van der Waals surface area contributed by atoms with Crippen molar-refractivity contribution in [2.75, 3.05) is 5.32 Å². The Kier molecular flexibility index (Phi) is 8.01. The van der Waals surface area contributed by atoms with Gasteiger partial charge in [-0.15, -0.1) is 0 Å². The van der Waals surface area contributed by atoms with Crippen LogP contribution in [0.3, 0.4) is 0 Å². The van der Waals surface area contributed by atoms with E-state index in [2.05, 4.69) is 20.0 Å². The van der Waals surface area contributed by atoms with Crippen molar-refractivity contribution in [1.82, 2.24) is 14.7 Å². The van der Waals surface area contributed by atoms with E-state index in [1.54, 1.807) is 0 Å². The second-order valence-electron chi connectivity index (χ2n) is 8.15. The van der Waals surface area contributed by atoms with Crippen LogP contribution in [0.4, 0.5) is 11.5 Å². The molecule has 0 radical (unpaired) electrons. The number of benzene rings is 3. The summed E-state index contributed by atoms with van der Waals surface area (Å²) >= 11 is 0. The molecule has 1 aromatic heterocycles. The van der Waals surface area contributed by atoms with E-state index in [9.17, 15) is 4.21 Å². The van der Waals surface area contributed by atoms with Gasteiger partial charge in [0, 0.05) is 23.4 Å². The summed E-state index contributed by atoms with van der Waals surface area (Å²) in [6.07, 6.45) is 1.54. The van der Waals surface area contributed by atoms with E-state index in [0.717, 1.165) is 33.8 Å². The van der Waals surface area contributed by atoms with Gasteiger partial charge in [0.05, 0.1) is 22.4 Å². The van der Waals surface area contributed by atoms with E-state index in [-0.39, 0.29) is 6.04 Å². The Morgan fingerprint density at radius 1 is 0.882 bits per heavy atom. The average Bonchev–Trinajstić information content (AvgIpc) is 2.83. The molecule has 0 fully saturated rings. The lowest BCUT2D eigenvalue weighted by Crippen LogP contribution is -2.26. The molecule has 4 aromatic rings. The smallest absolute Gasteiger partial charge is 0.134 e. The van der Waals surface area contributed by atoms with E-state index < -0.39 is 11.0 Å². The van der Waals surface area contributed by atoms with Gasteiger partial charge in [0.1, 0.15) is 24.5 Å². The maximum atomic E-state index is 12.2. The molecule has 0 saturated heterocycles. The first-order valence-corrected chi connectivity index (χ1v) is 12.5. The highest BCUT2D eigenvalue weighted by Crippen LogP contribution is 2.30. The molecule has 6 nitrogen and oxygen atoms in total. The molecule has 1 atom stereocenters. The normalized spacial score (nSPS) is 11.9. The summed E-state index contributed by atoms with van der Waals surface area (Å²) in [5, 5.41) is 3.33. The molecular weight excluding hydrogens is 444 g/mol. The predicted molar refractivity (Wildman–Crippen MR) is 138 cm³/mol. The molecule has 0 spiro atoms. The van der Waals surface area contributed by atoms with Crippen LogP contribution in [0.25, 0.3) is 11.3 Å². The fourth-order valence-corrected chi connectivity index (χ4v) is 4.55. The zero-order valence-corrected chi connectivity index (χ0v) is 20.1. The lowest BCUT2D eigenvalue weighted by atomic mass is 10.1. The van der Waals surface area contributed by atoms with Gasteiger partial charge < -0.3 is 10.1 Å². The Hall–Kier alpha value is -3.55. The van der Waals surface area contributed by atoms with Crippen LogP contribution < -0.4 is 14.8 Å². The van der Waals surface area contributed by atoms with E-state index in [0.29, 0.717) is 18.2 Å². The highest BCUT2D eigenvalue weighted by molar-refractivity contribution is 7.82. The third-order valence-corrected chi connectivity index (χ3v) is 6.26. The van der Waals surface area contributed by atoms with Gasteiger partial charge in [0.2, 0.25) is 0 Å². The maximum absolute atomic E-state index is 12.2. The summed E-state index contributed by atoms with van der Waals surface area (Å²) in [6, 6.07) is 27.8. The van der Waals surface area contributed by atoms with Crippen molar-refractivity contribution in [3.63, 3.8) is 0 Å². The van der Waals surface area contributed by atoms with Gasteiger partial charge in [-0.2, -0.15) is 0 Å². The van der Waals surface area contributed by atoms with Gasteiger partial charge in [-0.1, -0.05) is 54.6 Å². The number of hydrogen-bond donors (Lipinski definition) is 2. The summed E-state index contributed by atoms with van der Waals surface area (Å²) in [6.45, 7) is 4.44. The minimum Gasteiger partial charge on any atom is -0.488 e. The van der Waals surface area contributed by atoms with Crippen molar-refractivity contribution in [2.45, 2.75) is 32.2 Å². The SMILES string of the molecule is CC(C)NS(=O)Cc1cccc(Nc2cc(-c3ccccc3OCc3ccccc3)ncn2)c1. The third kappa shape index (κ3) is 6.73. The number of nitrogens with one attached hydrogen (secondary N) is 2. The Bertz CT molecular complexity index is 1250. The zero-order chi connectivity index (χ0) is 23.8. The molecule has 0 bridgehead atoms. The number of rotatable bonds is 10. The molecular formula is C27H28N4O2S. The van der Waals surface area contributed by atoms with Crippen LogP contribution in [-0.4, -0.2) is 20.2 Å². The number of nitrogens with zero attached hydrogens (tertiary/aromatic N) is 2. The van der Waals surface area contributed by atoms with Crippen LogP contribution in [-0.2, 0) is 23.3 Å². The topological polar surface area (TPSA) is 76.1 Å². The van der Waals surface area contributed by atoms with Gasteiger partial charge in [0.25, 0.3) is 0 Å². The molecule has 0 aliphatic rings. The second kappa shape index (κ2) is 11.5. The monoisotopic (exact) mass is 472 g/mol. The molecule has 4 rings (SSSR count). The summed E-state index contributed by atoms with van der Waals surface area (Å²) in [4.78, 5) is 8.85. The molecule has 7 heteroatoms. The summed E-state index contributed by atoms with van der Waals surface area (Å²) < 4.78 is 21.3. The van der Waals surface area contributed by atoms with Crippen LogP contribution in [0.15, 0.2) is 91.3 Å². The van der Waals surface area contributed by atoms with E-state index >= 15 is 0 Å². The molecule has 0 aliphatic carbocycles. The second-order valence-corrected chi connectivity index (χ2v) is 9.36. The molecule has 0 aliphatic heterocycles. The van der Waals surface area contributed by atoms with Gasteiger partial charge in [-0.3, -0.25) is 0 Å². The van der Waals surface area contributed by atoms with Crippen molar-refractivity contribution < 1.29 is 8.95 Å². The fraction of sp³-hybridized carbons (Fsp3) is 0.185. The largest absolute Gasteiger partial charge is 0.488 e. The minimum atomic E-state index is -1.12. The lowest BCUT2D eigenvalue weighted by molar-refractivity contribution is 0.307. The maximum Gasteiger partial charge on any atom is 0.134 e. The first-order valence-electron chi connectivity index (χ1n) is 11.2. The van der Waals surface area contributed by atoms with Crippen molar-refractivity contribution >= 4 is 22.5 Å². The Morgan fingerprint density at radius 2 is 1.65 bits per heavy atom. The van der Waals surface area contributed by atoms with Crippen LogP contribution in [0.1, 0.15) is 25.0 Å². The standard InChI is InChI=1S/C27H28N4O2S/c1-20(2)31-34(32)18-22-11-8-12-23(15-22)30-27-16-25(28-19-29-27)24-13-6-7-14-26(24)33-17-21-9-4-3-5-10-21/h3-16,19-20,31H,17-18H2,1-2H3,(H,28,29,30). The third-order valence-electron chi connectivity index (χ3n) is 4.93. The van der Waals surface area contributed by atoms with Gasteiger partial charge in [-0.05, 0) is 49.2 Å². The molecule has 0 saturated carbocycles. The number of ether oxygens (including phenoxy) is 1. The van der Waals surface area contributed by atoms with Crippen LogP contribution in [0.5, 0.6) is 5.75 Å². The molecule has 1 unspecified atom stereocenters. The minimum absolute atomic E-state index is 0.168. The van der Waals surface area contributed by atoms with E-state index in [1.807, 2.05) is 98.8 Å². The fourth-order valence-electron chi connectivity index (χ4n) is 3.46.